The summed E-state index contributed by atoms with van der Waals surface area (Å²) >= 11 is 0. The van der Waals surface area contributed by atoms with E-state index in [1.807, 2.05) is 0 Å². The highest BCUT2D eigenvalue weighted by Crippen LogP contribution is 2.22. The van der Waals surface area contributed by atoms with Crippen molar-refractivity contribution >= 4 is 34.1 Å². The highest BCUT2D eigenvalue weighted by Gasteiger charge is 2.28. The molecule has 0 aromatic heterocycles. The fourth-order valence-electron chi connectivity index (χ4n) is 3.83. The Morgan fingerprint density at radius 2 is 1.96 bits per heavy atom. The Morgan fingerprint density at radius 1 is 1.21 bits per heavy atom. The van der Waals surface area contributed by atoms with Crippen molar-refractivity contribution in [2.45, 2.75) is 36.6 Å². The number of benzene rings is 1. The molecule has 1 aromatic rings. The molecule has 2 aliphatic rings. The number of rotatable bonds is 5. The zero-order valence-electron chi connectivity index (χ0n) is 16.0. The largest absolute Gasteiger partial charge is 0.354 e. The van der Waals surface area contributed by atoms with E-state index in [1.165, 1.54) is 6.07 Å². The Labute approximate surface area is 172 Å². The summed E-state index contributed by atoms with van der Waals surface area (Å²) in [5.41, 5.74) is 0.222. The lowest BCUT2D eigenvalue weighted by Gasteiger charge is -2.33. The molecule has 1 aromatic carbocycles. The summed E-state index contributed by atoms with van der Waals surface area (Å²) in [7, 11) is -3.47. The maximum absolute atomic E-state index is 12.9. The summed E-state index contributed by atoms with van der Waals surface area (Å²) in [6.07, 6.45) is 4.78. The molecule has 9 heteroatoms. The molecule has 7 nitrogen and oxygen atoms in total. The number of amides is 2. The van der Waals surface area contributed by atoms with Gasteiger partial charge in [0.15, 0.2) is 9.84 Å². The molecule has 2 heterocycles. The van der Waals surface area contributed by atoms with Crippen LogP contribution in [-0.2, 0) is 14.6 Å². The van der Waals surface area contributed by atoms with Crippen LogP contribution in [0.1, 0.15) is 36.0 Å². The summed E-state index contributed by atoms with van der Waals surface area (Å²) in [5, 5.41) is 6.17. The van der Waals surface area contributed by atoms with Gasteiger partial charge >= 0.3 is 0 Å². The molecule has 2 saturated heterocycles. The van der Waals surface area contributed by atoms with Crippen molar-refractivity contribution in [1.82, 2.24) is 15.5 Å². The maximum Gasteiger partial charge on any atom is 0.255 e. The van der Waals surface area contributed by atoms with Crippen LogP contribution in [0.4, 0.5) is 0 Å². The Hall–Kier alpha value is -1.64. The first-order valence-electron chi connectivity index (χ1n) is 9.45. The van der Waals surface area contributed by atoms with Gasteiger partial charge in [-0.25, -0.2) is 8.42 Å². The van der Waals surface area contributed by atoms with Crippen molar-refractivity contribution in [1.29, 1.82) is 0 Å². The Kier molecular flexibility index (Phi) is 7.86. The average Bonchev–Trinajstić information content (AvgIpc) is 3.20. The van der Waals surface area contributed by atoms with Crippen LogP contribution in [0, 0.1) is 5.92 Å². The number of likely N-dealkylation sites (tertiary alicyclic amines) is 1. The van der Waals surface area contributed by atoms with Gasteiger partial charge in [0.2, 0.25) is 5.91 Å². The van der Waals surface area contributed by atoms with Gasteiger partial charge in [-0.2, -0.15) is 0 Å². The molecule has 2 unspecified atom stereocenters. The van der Waals surface area contributed by atoms with Crippen LogP contribution in [0.2, 0.25) is 0 Å². The summed E-state index contributed by atoms with van der Waals surface area (Å²) in [4.78, 5) is 26.9. The Morgan fingerprint density at radius 3 is 2.64 bits per heavy atom. The number of carbonyl (C=O) groups is 2. The highest BCUT2D eigenvalue weighted by atomic mass is 35.5. The number of hydrogen-bond donors (Lipinski definition) is 2. The van der Waals surface area contributed by atoms with E-state index in [4.69, 9.17) is 0 Å². The number of piperidine rings is 1. The molecule has 0 spiro atoms. The van der Waals surface area contributed by atoms with E-state index < -0.39 is 9.84 Å². The molecule has 2 atom stereocenters. The predicted molar refractivity (Wildman–Crippen MR) is 109 cm³/mol. The Bertz CT molecular complexity index is 809. The highest BCUT2D eigenvalue weighted by molar-refractivity contribution is 7.90. The Balaban J connectivity index is 0.00000280. The van der Waals surface area contributed by atoms with E-state index in [0.717, 1.165) is 38.5 Å². The van der Waals surface area contributed by atoms with Gasteiger partial charge in [-0.3, -0.25) is 9.59 Å². The minimum absolute atomic E-state index is 0. The lowest BCUT2D eigenvalue weighted by Crippen LogP contribution is -2.46. The molecule has 0 bridgehead atoms. The van der Waals surface area contributed by atoms with Gasteiger partial charge in [0.25, 0.3) is 5.91 Å². The zero-order valence-corrected chi connectivity index (χ0v) is 17.7. The summed E-state index contributed by atoms with van der Waals surface area (Å²) in [6.45, 7) is 2.54. The van der Waals surface area contributed by atoms with Crippen LogP contribution in [-0.4, -0.2) is 63.6 Å². The van der Waals surface area contributed by atoms with Gasteiger partial charge in [0.1, 0.15) is 0 Å². The molecule has 0 radical (unpaired) electrons. The predicted octanol–water partition coefficient (Wildman–Crippen LogP) is 1.23. The normalized spacial score (nSPS) is 22.4. The summed E-state index contributed by atoms with van der Waals surface area (Å²) in [6, 6.07) is 6.24. The van der Waals surface area contributed by atoms with E-state index in [2.05, 4.69) is 10.6 Å². The topological polar surface area (TPSA) is 95.6 Å². The third-order valence-electron chi connectivity index (χ3n) is 5.26. The van der Waals surface area contributed by atoms with Crippen molar-refractivity contribution in [3.63, 3.8) is 0 Å². The number of hydrogen-bond acceptors (Lipinski definition) is 5. The standard InChI is InChI=1S/C19H27N3O4S.ClH/c1-27(25,26)17-9-3-2-7-15(17)19(24)22-11-5-6-14(13-22)12-21-18(23)16-8-4-10-20-16;/h2-3,7,9,14,16,20H,4-6,8,10-13H2,1H3,(H,21,23);1H. The number of halogens is 1. The third-order valence-corrected chi connectivity index (χ3v) is 6.42. The van der Waals surface area contributed by atoms with Gasteiger partial charge in [0.05, 0.1) is 16.5 Å². The molecule has 2 fully saturated rings. The van der Waals surface area contributed by atoms with Crippen LogP contribution >= 0.6 is 12.4 Å². The van der Waals surface area contributed by atoms with Crippen molar-refractivity contribution in [2.75, 3.05) is 32.4 Å². The number of carbonyl (C=O) groups excluding carboxylic acids is 2. The van der Waals surface area contributed by atoms with E-state index >= 15 is 0 Å². The summed E-state index contributed by atoms with van der Waals surface area (Å²) in [5.74, 6) is -0.0543. The average molecular weight is 430 g/mol. The molecule has 156 valence electrons. The minimum Gasteiger partial charge on any atom is -0.354 e. The van der Waals surface area contributed by atoms with Crippen molar-refractivity contribution in [2.24, 2.45) is 5.92 Å². The van der Waals surface area contributed by atoms with E-state index in [9.17, 15) is 18.0 Å². The monoisotopic (exact) mass is 429 g/mol. The molecule has 0 aliphatic carbocycles. The lowest BCUT2D eigenvalue weighted by atomic mass is 9.97. The molecule has 28 heavy (non-hydrogen) atoms. The lowest BCUT2D eigenvalue weighted by molar-refractivity contribution is -0.123. The van der Waals surface area contributed by atoms with Gasteiger partial charge in [-0.05, 0) is 50.3 Å². The zero-order chi connectivity index (χ0) is 19.4. The smallest absolute Gasteiger partial charge is 0.255 e. The first-order valence-corrected chi connectivity index (χ1v) is 11.3. The molecule has 2 N–H and O–H groups in total. The van der Waals surface area contributed by atoms with Crippen molar-refractivity contribution < 1.29 is 18.0 Å². The van der Waals surface area contributed by atoms with Crippen molar-refractivity contribution in [3.8, 4) is 0 Å². The van der Waals surface area contributed by atoms with E-state index in [-0.39, 0.29) is 46.6 Å². The second kappa shape index (κ2) is 9.71. The number of nitrogens with one attached hydrogen (secondary N) is 2. The van der Waals surface area contributed by atoms with E-state index in [1.54, 1.807) is 23.1 Å². The fourth-order valence-corrected chi connectivity index (χ4v) is 4.71. The molecule has 3 rings (SSSR count). The van der Waals surface area contributed by atoms with Gasteiger partial charge in [-0.15, -0.1) is 12.4 Å². The molecule has 2 aliphatic heterocycles. The van der Waals surface area contributed by atoms with Gasteiger partial charge in [0, 0.05) is 25.9 Å². The number of nitrogens with zero attached hydrogens (tertiary/aromatic N) is 1. The SMILES string of the molecule is CS(=O)(=O)c1ccccc1C(=O)N1CCCC(CNC(=O)C2CCCN2)C1.Cl. The second-order valence-corrected chi connectivity index (χ2v) is 9.41. The quantitative estimate of drug-likeness (QED) is 0.734. The number of sulfone groups is 1. The van der Waals surface area contributed by atoms with Crippen molar-refractivity contribution in [3.05, 3.63) is 29.8 Å². The second-order valence-electron chi connectivity index (χ2n) is 7.42. The van der Waals surface area contributed by atoms with Crippen LogP contribution in [0.15, 0.2) is 29.2 Å². The maximum atomic E-state index is 12.9. The first-order chi connectivity index (χ1) is 12.9. The fraction of sp³-hybridized carbons (Fsp3) is 0.579. The van der Waals surface area contributed by atoms with Gasteiger partial charge in [-0.1, -0.05) is 12.1 Å². The molecular formula is C19H28ClN3O4S. The minimum atomic E-state index is -3.47. The van der Waals surface area contributed by atoms with Gasteiger partial charge < -0.3 is 15.5 Å². The van der Waals surface area contributed by atoms with Crippen LogP contribution in [0.5, 0.6) is 0 Å². The molecule has 0 saturated carbocycles. The third kappa shape index (κ3) is 5.46. The molecule has 2 amide bonds. The van der Waals surface area contributed by atoms with E-state index in [0.29, 0.717) is 19.6 Å². The summed E-state index contributed by atoms with van der Waals surface area (Å²) < 4.78 is 24.0. The first kappa shape index (κ1) is 22.6. The van der Waals surface area contributed by atoms with Crippen LogP contribution < -0.4 is 10.6 Å². The van der Waals surface area contributed by atoms with Crippen LogP contribution in [0.3, 0.4) is 0 Å². The van der Waals surface area contributed by atoms with Crippen LogP contribution in [0.25, 0.3) is 0 Å². The molecular weight excluding hydrogens is 402 g/mol.